The molecule has 2 unspecified atom stereocenters. The zero-order valence-corrected chi connectivity index (χ0v) is 17.7. The van der Waals surface area contributed by atoms with Crippen LogP contribution in [0, 0.1) is 5.92 Å². The minimum absolute atomic E-state index is 0.658. The van der Waals surface area contributed by atoms with Crippen molar-refractivity contribution < 1.29 is 0 Å². The summed E-state index contributed by atoms with van der Waals surface area (Å²) in [5, 5.41) is 11.7. The molecule has 2 fully saturated rings. The lowest BCUT2D eigenvalue weighted by Gasteiger charge is -2.48. The van der Waals surface area contributed by atoms with Crippen molar-refractivity contribution in [1.82, 2.24) is 29.9 Å². The summed E-state index contributed by atoms with van der Waals surface area (Å²) >= 11 is 0. The number of fused-ring (bicyclic) bond motifs is 1. The van der Waals surface area contributed by atoms with Gasteiger partial charge in [0.25, 0.3) is 0 Å². The summed E-state index contributed by atoms with van der Waals surface area (Å²) < 4.78 is 2.06. The van der Waals surface area contributed by atoms with Crippen LogP contribution < -0.4 is 5.32 Å². The van der Waals surface area contributed by atoms with Gasteiger partial charge in [-0.1, -0.05) is 30.3 Å². The number of nitrogens with zero attached hydrogens (tertiary/aromatic N) is 6. The molecule has 2 aromatic rings. The Bertz CT molecular complexity index is 801. The highest BCUT2D eigenvalue weighted by Crippen LogP contribution is 2.31. The monoisotopic (exact) mass is 395 g/mol. The van der Waals surface area contributed by atoms with Crippen LogP contribution in [0.2, 0.25) is 0 Å². The lowest BCUT2D eigenvalue weighted by atomic mass is 9.83. The number of likely N-dealkylation sites (tertiary alicyclic amines) is 2. The van der Waals surface area contributed by atoms with Crippen LogP contribution in [0.1, 0.15) is 37.6 Å². The van der Waals surface area contributed by atoms with Gasteiger partial charge in [0, 0.05) is 39.3 Å². The zero-order chi connectivity index (χ0) is 20.1. The number of aromatic nitrogens is 3. The number of nitrogens with one attached hydrogen (secondary N) is 1. The van der Waals surface area contributed by atoms with Crippen molar-refractivity contribution in [2.45, 2.75) is 51.9 Å². The van der Waals surface area contributed by atoms with Gasteiger partial charge in [-0.25, -0.2) is 0 Å². The van der Waals surface area contributed by atoms with Crippen molar-refractivity contribution in [1.29, 1.82) is 0 Å². The molecule has 1 N–H and O–H groups in total. The first-order valence-electron chi connectivity index (χ1n) is 10.9. The Kier molecular flexibility index (Phi) is 6.44. The highest BCUT2D eigenvalue weighted by molar-refractivity contribution is 5.79. The Morgan fingerprint density at radius 2 is 2.07 bits per heavy atom. The molecule has 2 saturated heterocycles. The third-order valence-electron chi connectivity index (χ3n) is 6.36. The number of rotatable bonds is 5. The molecule has 156 valence electrons. The van der Waals surface area contributed by atoms with Crippen molar-refractivity contribution in [3.63, 3.8) is 0 Å². The van der Waals surface area contributed by atoms with Crippen molar-refractivity contribution in [2.24, 2.45) is 10.9 Å². The first-order valence-corrected chi connectivity index (χ1v) is 10.9. The van der Waals surface area contributed by atoms with Gasteiger partial charge in [-0.05, 0) is 44.2 Å². The van der Waals surface area contributed by atoms with E-state index in [1.54, 1.807) is 6.33 Å². The average Bonchev–Trinajstić information content (AvgIpc) is 3.22. The molecule has 0 amide bonds. The van der Waals surface area contributed by atoms with E-state index in [9.17, 15) is 0 Å². The maximum atomic E-state index is 4.55. The van der Waals surface area contributed by atoms with E-state index in [0.29, 0.717) is 18.5 Å². The van der Waals surface area contributed by atoms with Gasteiger partial charge < -0.3 is 14.8 Å². The summed E-state index contributed by atoms with van der Waals surface area (Å²) in [5.41, 5.74) is 1.42. The van der Waals surface area contributed by atoms with E-state index in [-0.39, 0.29) is 0 Å². The normalized spacial score (nSPS) is 23.1. The summed E-state index contributed by atoms with van der Waals surface area (Å²) in [6.07, 6.45) is 5.58. The van der Waals surface area contributed by atoms with Crippen LogP contribution in [0.3, 0.4) is 0 Å². The third-order valence-corrected chi connectivity index (χ3v) is 6.36. The lowest BCUT2D eigenvalue weighted by Crippen LogP contribution is -2.56. The number of aliphatic imine (C=N–C) groups is 1. The Morgan fingerprint density at radius 1 is 1.21 bits per heavy atom. The molecular weight excluding hydrogens is 362 g/mol. The Morgan fingerprint density at radius 3 is 2.86 bits per heavy atom. The van der Waals surface area contributed by atoms with Crippen molar-refractivity contribution >= 4 is 5.96 Å². The predicted molar refractivity (Wildman–Crippen MR) is 115 cm³/mol. The summed E-state index contributed by atoms with van der Waals surface area (Å²) in [6.45, 7) is 8.06. The second kappa shape index (κ2) is 9.39. The second-order valence-electron chi connectivity index (χ2n) is 8.09. The minimum atomic E-state index is 0.658. The number of hydrogen-bond donors (Lipinski definition) is 1. The molecule has 7 nitrogen and oxygen atoms in total. The van der Waals surface area contributed by atoms with E-state index in [4.69, 9.17) is 0 Å². The molecule has 1 aromatic heterocycles. The summed E-state index contributed by atoms with van der Waals surface area (Å²) in [7, 11) is 1.88. The highest BCUT2D eigenvalue weighted by Gasteiger charge is 2.36. The van der Waals surface area contributed by atoms with Gasteiger partial charge in [0.15, 0.2) is 11.8 Å². The number of piperidine rings is 2. The van der Waals surface area contributed by atoms with Gasteiger partial charge in [0.1, 0.15) is 6.33 Å². The summed E-state index contributed by atoms with van der Waals surface area (Å²) in [4.78, 5) is 9.69. The largest absolute Gasteiger partial charge is 0.349 e. The maximum absolute atomic E-state index is 4.55. The van der Waals surface area contributed by atoms with Crippen LogP contribution in [0.5, 0.6) is 0 Å². The fourth-order valence-corrected chi connectivity index (χ4v) is 4.88. The topological polar surface area (TPSA) is 61.6 Å². The number of hydrogen-bond acceptors (Lipinski definition) is 4. The molecule has 7 heteroatoms. The Hall–Kier alpha value is -2.41. The highest BCUT2D eigenvalue weighted by atomic mass is 15.3. The SMILES string of the molecule is CCn1cnnc1CNC(=NC)N1CCC2C(CCCN2Cc2ccccc2)C1. The van der Waals surface area contributed by atoms with E-state index in [0.717, 1.165) is 38.0 Å². The fourth-order valence-electron chi connectivity index (χ4n) is 4.88. The number of aryl methyl sites for hydroxylation is 1. The smallest absolute Gasteiger partial charge is 0.194 e. The summed E-state index contributed by atoms with van der Waals surface area (Å²) in [5.74, 6) is 2.64. The first kappa shape index (κ1) is 19.9. The number of guanidine groups is 1. The molecule has 2 aliphatic heterocycles. The van der Waals surface area contributed by atoms with Crippen LogP contribution in [-0.2, 0) is 19.6 Å². The minimum Gasteiger partial charge on any atom is -0.349 e. The van der Waals surface area contributed by atoms with Crippen LogP contribution in [-0.4, -0.2) is 63.2 Å². The third kappa shape index (κ3) is 4.61. The molecule has 3 heterocycles. The molecule has 0 saturated carbocycles. The summed E-state index contributed by atoms with van der Waals surface area (Å²) in [6, 6.07) is 11.6. The van der Waals surface area contributed by atoms with Crippen molar-refractivity contribution in [3.8, 4) is 0 Å². The lowest BCUT2D eigenvalue weighted by molar-refractivity contribution is 0.0372. The van der Waals surface area contributed by atoms with E-state index in [1.165, 1.54) is 31.4 Å². The van der Waals surface area contributed by atoms with Crippen LogP contribution in [0.4, 0.5) is 0 Å². The molecule has 2 atom stereocenters. The fraction of sp³-hybridized carbons (Fsp3) is 0.591. The molecule has 4 rings (SSSR count). The van der Waals surface area contributed by atoms with E-state index >= 15 is 0 Å². The predicted octanol–water partition coefficient (Wildman–Crippen LogP) is 2.36. The molecule has 0 aliphatic carbocycles. The van der Waals surface area contributed by atoms with E-state index < -0.39 is 0 Å². The second-order valence-corrected chi connectivity index (χ2v) is 8.09. The Labute approximate surface area is 173 Å². The Balaban J connectivity index is 1.36. The molecule has 0 bridgehead atoms. The zero-order valence-electron chi connectivity index (χ0n) is 17.7. The molecule has 1 aromatic carbocycles. The van der Waals surface area contributed by atoms with E-state index in [1.807, 2.05) is 7.05 Å². The number of benzene rings is 1. The van der Waals surface area contributed by atoms with Crippen LogP contribution >= 0.6 is 0 Å². The van der Waals surface area contributed by atoms with Gasteiger partial charge in [0.05, 0.1) is 6.54 Å². The quantitative estimate of drug-likeness (QED) is 0.622. The maximum Gasteiger partial charge on any atom is 0.194 e. The molecule has 0 radical (unpaired) electrons. The molecule has 29 heavy (non-hydrogen) atoms. The van der Waals surface area contributed by atoms with Crippen molar-refractivity contribution in [3.05, 3.63) is 48.0 Å². The molecular formula is C22H33N7. The van der Waals surface area contributed by atoms with Crippen LogP contribution in [0.15, 0.2) is 41.7 Å². The van der Waals surface area contributed by atoms with Gasteiger partial charge in [-0.15, -0.1) is 10.2 Å². The average molecular weight is 396 g/mol. The van der Waals surface area contributed by atoms with Gasteiger partial charge >= 0.3 is 0 Å². The standard InChI is InChI=1S/C22H33N7/c1-3-27-17-25-26-21(27)14-24-22(23-2)29-13-11-20-19(16-29)10-7-12-28(20)15-18-8-5-4-6-9-18/h4-6,8-9,17,19-20H,3,7,10-16H2,1-2H3,(H,23,24). The van der Waals surface area contributed by atoms with E-state index in [2.05, 4.69) is 72.1 Å². The van der Waals surface area contributed by atoms with Gasteiger partial charge in [0.2, 0.25) is 0 Å². The molecule has 2 aliphatic rings. The van der Waals surface area contributed by atoms with Crippen LogP contribution in [0.25, 0.3) is 0 Å². The first-order chi connectivity index (χ1) is 14.3. The van der Waals surface area contributed by atoms with Gasteiger partial charge in [-0.3, -0.25) is 9.89 Å². The molecule has 0 spiro atoms. The van der Waals surface area contributed by atoms with Crippen molar-refractivity contribution in [2.75, 3.05) is 26.7 Å². The van der Waals surface area contributed by atoms with Gasteiger partial charge in [-0.2, -0.15) is 0 Å².